The van der Waals surface area contributed by atoms with Crippen LogP contribution in [0, 0.1) is 11.2 Å². The van der Waals surface area contributed by atoms with Crippen LogP contribution in [0.15, 0.2) is 30.6 Å². The van der Waals surface area contributed by atoms with Gasteiger partial charge in [-0.25, -0.2) is 27.1 Å². The van der Waals surface area contributed by atoms with E-state index in [-0.39, 0.29) is 28.8 Å². The van der Waals surface area contributed by atoms with E-state index in [9.17, 15) is 17.6 Å². The molecule has 1 aromatic heterocycles. The smallest absolute Gasteiger partial charge is 0.275 e. The zero-order chi connectivity index (χ0) is 21.4. The van der Waals surface area contributed by atoms with Crippen molar-refractivity contribution in [2.45, 2.75) is 12.5 Å². The van der Waals surface area contributed by atoms with Gasteiger partial charge in [0.1, 0.15) is 11.5 Å². The molecule has 0 radical (unpaired) electrons. The van der Waals surface area contributed by atoms with Crippen LogP contribution in [-0.4, -0.2) is 54.5 Å². The van der Waals surface area contributed by atoms with Crippen molar-refractivity contribution in [3.8, 4) is 5.88 Å². The topological polar surface area (TPSA) is 137 Å². The number of benzene rings is 1. The van der Waals surface area contributed by atoms with Crippen LogP contribution in [0.2, 0.25) is 0 Å². The Bertz CT molecular complexity index is 1080. The van der Waals surface area contributed by atoms with Crippen molar-refractivity contribution in [2.75, 3.05) is 25.2 Å². The molecule has 0 unspecified atom stereocenters. The number of carbonyl (C=O) groups is 1. The Hall–Kier alpha value is -3.28. The predicted octanol–water partition coefficient (Wildman–Crippen LogP) is 0.891. The molecule has 0 aliphatic carbocycles. The average Bonchev–Trinajstić information content (AvgIpc) is 2.67. The standard InChI is InChI=1S/C17H19FN6O4S/c1-17(9-29(26,27)24(2)16(19)23-17)11-6-10(4-5-12(11)18)22-15(25)13-7-21-14(28-3)8-20-13/h4-8H,9H2,1-3H3,(H2,19,23)(H,22,25)/t17-/m0/s1. The highest BCUT2D eigenvalue weighted by Gasteiger charge is 2.43. The normalized spacial score (nSPS) is 20.7. The average molecular weight is 422 g/mol. The molecule has 1 atom stereocenters. The highest BCUT2D eigenvalue weighted by molar-refractivity contribution is 7.89. The summed E-state index contributed by atoms with van der Waals surface area (Å²) in [7, 11) is -1.15. The number of hydrogen-bond acceptors (Lipinski definition) is 7. The second-order valence-corrected chi connectivity index (χ2v) is 8.62. The lowest BCUT2D eigenvalue weighted by Gasteiger charge is -2.40. The van der Waals surface area contributed by atoms with Gasteiger partial charge in [0.15, 0.2) is 0 Å². The number of sulfonamides is 1. The number of nitrogens with zero attached hydrogens (tertiary/aromatic N) is 3. The number of aromatic nitrogens is 2. The van der Waals surface area contributed by atoms with Crippen molar-refractivity contribution in [1.29, 1.82) is 5.41 Å². The summed E-state index contributed by atoms with van der Waals surface area (Å²) in [6.45, 7) is 1.48. The first kappa shape index (κ1) is 20.5. The molecule has 2 aromatic rings. The van der Waals surface area contributed by atoms with Crippen LogP contribution in [0.1, 0.15) is 23.0 Å². The van der Waals surface area contributed by atoms with Crippen molar-refractivity contribution in [3.63, 3.8) is 0 Å². The van der Waals surface area contributed by atoms with Crippen molar-refractivity contribution in [1.82, 2.24) is 19.6 Å². The summed E-state index contributed by atoms with van der Waals surface area (Å²) < 4.78 is 44.9. The van der Waals surface area contributed by atoms with Crippen LogP contribution in [0.25, 0.3) is 0 Å². The minimum atomic E-state index is -3.81. The molecule has 0 bridgehead atoms. The maximum atomic E-state index is 14.6. The minimum Gasteiger partial charge on any atom is -0.480 e. The first-order valence-electron chi connectivity index (χ1n) is 8.36. The molecule has 29 heavy (non-hydrogen) atoms. The third-order valence-electron chi connectivity index (χ3n) is 4.49. The molecule has 0 saturated carbocycles. The number of amides is 1. The molecule has 1 aliphatic heterocycles. The lowest BCUT2D eigenvalue weighted by Crippen LogP contribution is -2.61. The van der Waals surface area contributed by atoms with E-state index >= 15 is 0 Å². The Morgan fingerprint density at radius 2 is 2.10 bits per heavy atom. The van der Waals surface area contributed by atoms with E-state index < -0.39 is 33.0 Å². The van der Waals surface area contributed by atoms with Crippen molar-refractivity contribution < 1.29 is 22.3 Å². The fourth-order valence-corrected chi connectivity index (χ4v) is 4.36. The van der Waals surface area contributed by atoms with E-state index in [4.69, 9.17) is 10.1 Å². The van der Waals surface area contributed by atoms with Crippen LogP contribution in [0.4, 0.5) is 10.1 Å². The third kappa shape index (κ3) is 3.97. The molecule has 3 rings (SSSR count). The molecule has 1 amide bonds. The van der Waals surface area contributed by atoms with Gasteiger partial charge in [-0.2, -0.15) is 0 Å². The van der Waals surface area contributed by atoms with E-state index in [1.807, 2.05) is 0 Å². The Labute approximate surface area is 166 Å². The zero-order valence-corrected chi connectivity index (χ0v) is 16.7. The number of ether oxygens (including phenoxy) is 1. The summed E-state index contributed by atoms with van der Waals surface area (Å²) in [5.74, 6) is -1.84. The maximum absolute atomic E-state index is 14.6. The van der Waals surface area contributed by atoms with Crippen LogP contribution >= 0.6 is 0 Å². The molecule has 0 spiro atoms. The van der Waals surface area contributed by atoms with Gasteiger partial charge < -0.3 is 15.4 Å². The zero-order valence-electron chi connectivity index (χ0n) is 15.9. The number of hydrogen-bond donors (Lipinski definition) is 3. The van der Waals surface area contributed by atoms with Gasteiger partial charge in [-0.15, -0.1) is 0 Å². The molecule has 154 valence electrons. The lowest BCUT2D eigenvalue weighted by molar-refractivity contribution is 0.102. The first-order valence-corrected chi connectivity index (χ1v) is 9.97. The first-order chi connectivity index (χ1) is 13.6. The number of nitrogens with one attached hydrogen (secondary N) is 3. The van der Waals surface area contributed by atoms with Gasteiger partial charge in [0.05, 0.1) is 30.8 Å². The molecule has 10 nitrogen and oxygen atoms in total. The highest BCUT2D eigenvalue weighted by atomic mass is 32.2. The van der Waals surface area contributed by atoms with Crippen LogP contribution in [-0.2, 0) is 15.6 Å². The van der Waals surface area contributed by atoms with Gasteiger partial charge in [-0.1, -0.05) is 0 Å². The van der Waals surface area contributed by atoms with Gasteiger partial charge in [0, 0.05) is 18.3 Å². The van der Waals surface area contributed by atoms with Gasteiger partial charge in [0.25, 0.3) is 5.91 Å². The summed E-state index contributed by atoms with van der Waals surface area (Å²) in [5.41, 5.74) is -1.15. The maximum Gasteiger partial charge on any atom is 0.275 e. The summed E-state index contributed by atoms with van der Waals surface area (Å²) in [6.07, 6.45) is 2.51. The van der Waals surface area contributed by atoms with E-state index in [1.54, 1.807) is 0 Å². The number of methoxy groups -OCH3 is 1. The largest absolute Gasteiger partial charge is 0.480 e. The van der Waals surface area contributed by atoms with E-state index in [0.29, 0.717) is 0 Å². The molecule has 1 aromatic carbocycles. The number of guanidine groups is 1. The molecular formula is C17H19FN6O4S. The number of rotatable bonds is 4. The summed E-state index contributed by atoms with van der Waals surface area (Å²) in [4.78, 5) is 20.2. The molecule has 1 fully saturated rings. The van der Waals surface area contributed by atoms with Crippen LogP contribution < -0.4 is 15.4 Å². The Balaban J connectivity index is 1.90. The Kier molecular flexibility index (Phi) is 5.13. The lowest BCUT2D eigenvalue weighted by atomic mass is 9.93. The second kappa shape index (κ2) is 7.28. The Morgan fingerprint density at radius 3 is 2.69 bits per heavy atom. The van der Waals surface area contributed by atoms with E-state index in [1.165, 1.54) is 45.6 Å². The molecular weight excluding hydrogens is 403 g/mol. The van der Waals surface area contributed by atoms with Crippen molar-refractivity contribution in [2.24, 2.45) is 0 Å². The summed E-state index contributed by atoms with van der Waals surface area (Å²) >= 11 is 0. The molecule has 12 heteroatoms. The van der Waals surface area contributed by atoms with Gasteiger partial charge in [-0.05, 0) is 25.1 Å². The van der Waals surface area contributed by atoms with Gasteiger partial charge >= 0.3 is 0 Å². The summed E-state index contributed by atoms with van der Waals surface area (Å²) in [6, 6.07) is 3.78. The quantitative estimate of drug-likeness (QED) is 0.665. The van der Waals surface area contributed by atoms with E-state index in [0.717, 1.165) is 10.4 Å². The van der Waals surface area contributed by atoms with Crippen molar-refractivity contribution >= 4 is 27.6 Å². The second-order valence-electron chi connectivity index (χ2n) is 6.62. The number of carbonyl (C=O) groups excluding carboxylic acids is 1. The minimum absolute atomic E-state index is 0.00228. The van der Waals surface area contributed by atoms with Crippen molar-refractivity contribution in [3.05, 3.63) is 47.7 Å². The fourth-order valence-electron chi connectivity index (χ4n) is 2.88. The Morgan fingerprint density at radius 1 is 1.38 bits per heavy atom. The van der Waals surface area contributed by atoms with E-state index in [2.05, 4.69) is 20.6 Å². The van der Waals surface area contributed by atoms with Gasteiger partial charge in [-0.3, -0.25) is 10.2 Å². The van der Waals surface area contributed by atoms with Crippen LogP contribution in [0.3, 0.4) is 0 Å². The SMILES string of the molecule is COc1cnc(C(=O)Nc2ccc(F)c([C@]3(C)CS(=O)(=O)N(C)C(=N)N3)c2)cn1. The molecule has 1 saturated heterocycles. The molecule has 3 N–H and O–H groups in total. The highest BCUT2D eigenvalue weighted by Crippen LogP contribution is 2.31. The summed E-state index contributed by atoms with van der Waals surface area (Å²) in [5, 5.41) is 13.1. The molecule has 2 heterocycles. The van der Waals surface area contributed by atoms with Crippen LogP contribution in [0.5, 0.6) is 5.88 Å². The predicted molar refractivity (Wildman–Crippen MR) is 103 cm³/mol. The fraction of sp³-hybridized carbons (Fsp3) is 0.294. The monoisotopic (exact) mass is 422 g/mol. The third-order valence-corrected chi connectivity index (χ3v) is 6.45. The van der Waals surface area contributed by atoms with Gasteiger partial charge in [0.2, 0.25) is 21.9 Å². The molecule has 1 aliphatic rings. The number of anilines is 1. The number of halogens is 1.